The molecule has 0 spiro atoms. The fraction of sp³-hybridized carbons (Fsp3) is 0.364. The molecule has 1 heterocycles. The van der Waals surface area contributed by atoms with Crippen molar-refractivity contribution in [1.82, 2.24) is 14.9 Å². The summed E-state index contributed by atoms with van der Waals surface area (Å²) in [7, 11) is 0. The average Bonchev–Trinajstić information content (AvgIpc) is 3.05. The first-order valence-corrected chi connectivity index (χ1v) is 9.47. The molecule has 150 valence electrons. The van der Waals surface area contributed by atoms with Gasteiger partial charge in [0, 0.05) is 25.1 Å². The molecule has 3 rings (SSSR count). The predicted octanol–water partition coefficient (Wildman–Crippen LogP) is 3.87. The summed E-state index contributed by atoms with van der Waals surface area (Å²) < 4.78 is 2.13. The van der Waals surface area contributed by atoms with Crippen molar-refractivity contribution in [3.05, 3.63) is 60.4 Å². The molecule has 5 nitrogen and oxygen atoms in total. The van der Waals surface area contributed by atoms with Gasteiger partial charge in [-0.05, 0) is 37.1 Å². The number of rotatable bonds is 7. The van der Waals surface area contributed by atoms with Crippen LogP contribution in [0.2, 0.25) is 0 Å². The second-order valence-corrected chi connectivity index (χ2v) is 7.51. The highest BCUT2D eigenvalue weighted by Crippen LogP contribution is 2.22. The smallest absolute Gasteiger partial charge is 0.220 e. The maximum absolute atomic E-state index is 12.6. The number of nitrogens with two attached hydrogens (primary N) is 1. The number of hydrogen-bond acceptors (Lipinski definition) is 3. The van der Waals surface area contributed by atoms with E-state index in [0.29, 0.717) is 19.4 Å². The minimum absolute atomic E-state index is 0. The Bertz CT molecular complexity index is 923. The fourth-order valence-electron chi connectivity index (χ4n) is 3.15. The zero-order chi connectivity index (χ0) is 19.4. The summed E-state index contributed by atoms with van der Waals surface area (Å²) >= 11 is 0. The minimum atomic E-state index is -0.392. The first-order chi connectivity index (χ1) is 12.9. The number of benzene rings is 2. The normalized spacial score (nSPS) is 13.2. The number of carbonyl (C=O) groups excluding carboxylic acids is 1. The van der Waals surface area contributed by atoms with Crippen LogP contribution >= 0.6 is 12.4 Å². The Morgan fingerprint density at radius 1 is 1.14 bits per heavy atom. The highest BCUT2D eigenvalue weighted by Gasteiger charge is 2.28. The lowest BCUT2D eigenvalue weighted by Gasteiger charge is -2.33. The highest BCUT2D eigenvalue weighted by molar-refractivity contribution is 5.85. The molecule has 0 radical (unpaired) electrons. The van der Waals surface area contributed by atoms with Crippen LogP contribution in [0.5, 0.6) is 0 Å². The first kappa shape index (κ1) is 21.9. The number of imidazole rings is 1. The number of carbonyl (C=O) groups is 1. The van der Waals surface area contributed by atoms with E-state index < -0.39 is 5.54 Å². The van der Waals surface area contributed by atoms with Crippen molar-refractivity contribution in [3.63, 3.8) is 0 Å². The summed E-state index contributed by atoms with van der Waals surface area (Å²) in [4.78, 5) is 17.3. The summed E-state index contributed by atoms with van der Waals surface area (Å²) in [5, 5.41) is 3.10. The van der Waals surface area contributed by atoms with Crippen molar-refractivity contribution >= 4 is 29.3 Å². The topological polar surface area (TPSA) is 72.9 Å². The molecule has 28 heavy (non-hydrogen) atoms. The number of aryl methyl sites for hydroxylation is 1. The van der Waals surface area contributed by atoms with E-state index in [-0.39, 0.29) is 24.2 Å². The Labute approximate surface area is 172 Å². The molecule has 2 aromatic carbocycles. The molecule has 0 fully saturated rings. The van der Waals surface area contributed by atoms with E-state index in [0.717, 1.165) is 22.5 Å². The average molecular weight is 401 g/mol. The Balaban J connectivity index is 0.00000280. The third-order valence-corrected chi connectivity index (χ3v) is 5.34. The lowest BCUT2D eigenvalue weighted by molar-refractivity contribution is -0.123. The van der Waals surface area contributed by atoms with E-state index in [4.69, 9.17) is 10.7 Å². The summed E-state index contributed by atoms with van der Waals surface area (Å²) in [6.07, 6.45) is 0.937. The van der Waals surface area contributed by atoms with Gasteiger partial charge in [0.05, 0.1) is 16.6 Å². The molecule has 0 aliphatic rings. The largest absolute Gasteiger partial charge is 0.349 e. The molecule has 0 aliphatic carbocycles. The van der Waals surface area contributed by atoms with Crippen LogP contribution in [0.3, 0.4) is 0 Å². The Morgan fingerprint density at radius 3 is 2.43 bits per heavy atom. The maximum Gasteiger partial charge on any atom is 0.220 e. The molecule has 1 aromatic heterocycles. The number of nitrogens with zero attached hydrogens (tertiary/aromatic N) is 2. The third-order valence-electron chi connectivity index (χ3n) is 5.34. The molecule has 1 amide bonds. The Hall–Kier alpha value is -2.37. The van der Waals surface area contributed by atoms with E-state index in [1.807, 2.05) is 43.3 Å². The van der Waals surface area contributed by atoms with Gasteiger partial charge in [0.15, 0.2) is 0 Å². The molecule has 0 saturated carbocycles. The second kappa shape index (κ2) is 9.22. The van der Waals surface area contributed by atoms with Crippen LogP contribution in [0.25, 0.3) is 16.7 Å². The molecular formula is C22H29ClN4O. The van der Waals surface area contributed by atoms with Crippen LogP contribution in [-0.2, 0) is 11.2 Å². The molecule has 3 aromatic rings. The van der Waals surface area contributed by atoms with Crippen molar-refractivity contribution < 1.29 is 4.79 Å². The minimum Gasteiger partial charge on any atom is -0.349 e. The zero-order valence-corrected chi connectivity index (χ0v) is 17.5. The molecular weight excluding hydrogens is 372 g/mol. The molecule has 3 N–H and O–H groups in total. The number of halogens is 1. The number of hydrogen-bond donors (Lipinski definition) is 2. The SMILES string of the molecule is CC(C)C(C)(CN)NC(=O)CCc1nc2ccccc2n1-c1ccccc1.Cl. The molecule has 0 aliphatic heterocycles. The van der Waals surface area contributed by atoms with Gasteiger partial charge in [0.2, 0.25) is 5.91 Å². The maximum atomic E-state index is 12.6. The van der Waals surface area contributed by atoms with E-state index in [1.54, 1.807) is 0 Å². The van der Waals surface area contributed by atoms with E-state index in [1.165, 1.54) is 0 Å². The number of para-hydroxylation sites is 3. The van der Waals surface area contributed by atoms with Gasteiger partial charge in [-0.2, -0.15) is 0 Å². The first-order valence-electron chi connectivity index (χ1n) is 9.47. The van der Waals surface area contributed by atoms with Gasteiger partial charge >= 0.3 is 0 Å². The van der Waals surface area contributed by atoms with E-state index in [9.17, 15) is 4.79 Å². The zero-order valence-electron chi connectivity index (χ0n) is 16.7. The van der Waals surface area contributed by atoms with Crippen molar-refractivity contribution in [1.29, 1.82) is 0 Å². The van der Waals surface area contributed by atoms with Crippen molar-refractivity contribution in [2.75, 3.05) is 6.54 Å². The number of fused-ring (bicyclic) bond motifs is 1. The monoisotopic (exact) mass is 400 g/mol. The van der Waals surface area contributed by atoms with Crippen LogP contribution < -0.4 is 11.1 Å². The standard InChI is InChI=1S/C22H28N4O.ClH/c1-16(2)22(3,15-23)25-21(27)14-13-20-24-18-11-7-8-12-19(18)26(20)17-9-5-4-6-10-17;/h4-12,16H,13-15,23H2,1-3H3,(H,25,27);1H. The van der Waals surface area contributed by atoms with Gasteiger partial charge in [0.1, 0.15) is 5.82 Å². The summed E-state index contributed by atoms with van der Waals surface area (Å²) in [6, 6.07) is 18.2. The van der Waals surface area contributed by atoms with Gasteiger partial charge in [-0.15, -0.1) is 12.4 Å². The van der Waals surface area contributed by atoms with E-state index in [2.05, 4.69) is 41.9 Å². The number of amides is 1. The van der Waals surface area contributed by atoms with Crippen molar-refractivity contribution in [3.8, 4) is 5.69 Å². The van der Waals surface area contributed by atoms with Gasteiger partial charge in [0.25, 0.3) is 0 Å². The van der Waals surface area contributed by atoms with Crippen LogP contribution in [0.1, 0.15) is 33.0 Å². The lowest BCUT2D eigenvalue weighted by atomic mass is 9.88. The molecule has 1 atom stereocenters. The van der Waals surface area contributed by atoms with Crippen molar-refractivity contribution in [2.45, 2.75) is 39.2 Å². The van der Waals surface area contributed by atoms with Crippen LogP contribution in [0, 0.1) is 5.92 Å². The summed E-state index contributed by atoms with van der Waals surface area (Å²) in [5.41, 5.74) is 8.53. The van der Waals surface area contributed by atoms with Gasteiger partial charge < -0.3 is 11.1 Å². The molecule has 0 saturated heterocycles. The summed E-state index contributed by atoms with van der Waals surface area (Å²) in [6.45, 7) is 6.55. The van der Waals surface area contributed by atoms with E-state index >= 15 is 0 Å². The van der Waals surface area contributed by atoms with Gasteiger partial charge in [-0.3, -0.25) is 9.36 Å². The van der Waals surface area contributed by atoms with Crippen LogP contribution in [0.4, 0.5) is 0 Å². The van der Waals surface area contributed by atoms with Crippen LogP contribution in [-0.4, -0.2) is 27.5 Å². The number of nitrogens with one attached hydrogen (secondary N) is 1. The highest BCUT2D eigenvalue weighted by atomic mass is 35.5. The Kier molecular flexibility index (Phi) is 7.22. The molecule has 6 heteroatoms. The molecule has 0 bridgehead atoms. The van der Waals surface area contributed by atoms with Gasteiger partial charge in [-0.25, -0.2) is 4.98 Å². The summed E-state index contributed by atoms with van der Waals surface area (Å²) in [5.74, 6) is 1.15. The van der Waals surface area contributed by atoms with Crippen LogP contribution in [0.15, 0.2) is 54.6 Å². The molecule has 1 unspecified atom stereocenters. The third kappa shape index (κ3) is 4.54. The second-order valence-electron chi connectivity index (χ2n) is 7.51. The van der Waals surface area contributed by atoms with Crippen molar-refractivity contribution in [2.24, 2.45) is 11.7 Å². The number of aromatic nitrogens is 2. The lowest BCUT2D eigenvalue weighted by Crippen LogP contribution is -2.55. The van der Waals surface area contributed by atoms with Gasteiger partial charge in [-0.1, -0.05) is 44.2 Å². The predicted molar refractivity (Wildman–Crippen MR) is 117 cm³/mol. The quantitative estimate of drug-likeness (QED) is 0.632. The fourth-order valence-corrected chi connectivity index (χ4v) is 3.15. The Morgan fingerprint density at radius 2 is 1.79 bits per heavy atom.